The van der Waals surface area contributed by atoms with Gasteiger partial charge in [0, 0.05) is 18.4 Å². The second-order valence-corrected chi connectivity index (χ2v) is 4.07. The maximum atomic E-state index is 11.3. The summed E-state index contributed by atoms with van der Waals surface area (Å²) in [5, 5.41) is 3.94. The zero-order valence-corrected chi connectivity index (χ0v) is 9.31. The van der Waals surface area contributed by atoms with Crippen LogP contribution in [-0.4, -0.2) is 30.5 Å². The highest BCUT2D eigenvalue weighted by atomic mass is 79.9. The van der Waals surface area contributed by atoms with Gasteiger partial charge in [-0.25, -0.2) is 0 Å². The standard InChI is InChI=1S/C9H16BrNO2/c10-5-2-1-3-9(12)11-8-4-6-13-7-8/h8H,1-7H2,(H,11,12). The summed E-state index contributed by atoms with van der Waals surface area (Å²) in [6, 6.07) is 0.261. The summed E-state index contributed by atoms with van der Waals surface area (Å²) in [5.74, 6) is 0.163. The van der Waals surface area contributed by atoms with Crippen LogP contribution in [0.15, 0.2) is 0 Å². The molecule has 1 aliphatic rings. The van der Waals surface area contributed by atoms with Crippen molar-refractivity contribution in [1.29, 1.82) is 0 Å². The SMILES string of the molecule is O=C(CCCCBr)NC1CCOC1. The van der Waals surface area contributed by atoms with E-state index in [0.717, 1.165) is 31.2 Å². The Morgan fingerprint density at radius 1 is 1.54 bits per heavy atom. The number of amides is 1. The van der Waals surface area contributed by atoms with Crippen molar-refractivity contribution in [2.75, 3.05) is 18.5 Å². The van der Waals surface area contributed by atoms with Crippen molar-refractivity contribution in [3.63, 3.8) is 0 Å². The molecule has 13 heavy (non-hydrogen) atoms. The fourth-order valence-corrected chi connectivity index (χ4v) is 1.72. The van der Waals surface area contributed by atoms with Gasteiger partial charge in [0.15, 0.2) is 0 Å². The van der Waals surface area contributed by atoms with Gasteiger partial charge in [0.25, 0.3) is 0 Å². The van der Waals surface area contributed by atoms with Crippen LogP contribution in [0.4, 0.5) is 0 Å². The Bertz CT molecular complexity index is 158. The van der Waals surface area contributed by atoms with Crippen LogP contribution in [0.3, 0.4) is 0 Å². The molecule has 1 aliphatic heterocycles. The molecule has 0 radical (unpaired) electrons. The normalized spacial score (nSPS) is 21.8. The number of hydrogen-bond donors (Lipinski definition) is 1. The first kappa shape index (κ1) is 11.0. The Morgan fingerprint density at radius 3 is 3.00 bits per heavy atom. The van der Waals surface area contributed by atoms with E-state index < -0.39 is 0 Å². The minimum absolute atomic E-state index is 0.163. The monoisotopic (exact) mass is 249 g/mol. The summed E-state index contributed by atoms with van der Waals surface area (Å²) in [6.45, 7) is 1.47. The summed E-state index contributed by atoms with van der Waals surface area (Å²) >= 11 is 3.34. The van der Waals surface area contributed by atoms with Gasteiger partial charge in [-0.2, -0.15) is 0 Å². The number of hydrogen-bond acceptors (Lipinski definition) is 2. The summed E-state index contributed by atoms with van der Waals surface area (Å²) in [4.78, 5) is 11.3. The molecule has 0 spiro atoms. The van der Waals surface area contributed by atoms with Crippen molar-refractivity contribution >= 4 is 21.8 Å². The molecule has 1 saturated heterocycles. The van der Waals surface area contributed by atoms with E-state index in [-0.39, 0.29) is 11.9 Å². The third-order valence-corrected chi connectivity index (χ3v) is 2.64. The summed E-state index contributed by atoms with van der Waals surface area (Å²) in [6.07, 6.45) is 3.63. The van der Waals surface area contributed by atoms with Crippen LogP contribution in [0.5, 0.6) is 0 Å². The van der Waals surface area contributed by atoms with Crippen LogP contribution in [0.1, 0.15) is 25.7 Å². The van der Waals surface area contributed by atoms with Crippen LogP contribution >= 0.6 is 15.9 Å². The molecular formula is C9H16BrNO2. The first-order chi connectivity index (χ1) is 6.33. The second-order valence-electron chi connectivity index (χ2n) is 3.27. The lowest BCUT2D eigenvalue weighted by Crippen LogP contribution is -2.34. The van der Waals surface area contributed by atoms with Gasteiger partial charge in [0.05, 0.1) is 12.6 Å². The van der Waals surface area contributed by atoms with Gasteiger partial charge >= 0.3 is 0 Å². The smallest absolute Gasteiger partial charge is 0.220 e. The predicted molar refractivity (Wildman–Crippen MR) is 55.0 cm³/mol. The number of nitrogens with one attached hydrogen (secondary N) is 1. The second kappa shape index (κ2) is 6.38. The minimum atomic E-state index is 0.163. The average molecular weight is 250 g/mol. The molecule has 1 rings (SSSR count). The highest BCUT2D eigenvalue weighted by Gasteiger charge is 2.16. The average Bonchev–Trinajstić information content (AvgIpc) is 2.57. The van der Waals surface area contributed by atoms with Gasteiger partial charge in [0.2, 0.25) is 5.91 Å². The van der Waals surface area contributed by atoms with Gasteiger partial charge in [-0.1, -0.05) is 15.9 Å². The molecule has 0 aromatic rings. The molecule has 0 bridgehead atoms. The molecule has 1 fully saturated rings. The molecule has 1 amide bonds. The van der Waals surface area contributed by atoms with Crippen LogP contribution in [0, 0.1) is 0 Å². The number of carbonyl (C=O) groups is 1. The maximum Gasteiger partial charge on any atom is 0.220 e. The van der Waals surface area contributed by atoms with Gasteiger partial charge in [-0.15, -0.1) is 0 Å². The number of alkyl halides is 1. The molecule has 0 saturated carbocycles. The van der Waals surface area contributed by atoms with E-state index in [1.165, 1.54) is 0 Å². The van der Waals surface area contributed by atoms with Crippen molar-refractivity contribution in [3.8, 4) is 0 Å². The van der Waals surface area contributed by atoms with Gasteiger partial charge in [-0.3, -0.25) is 4.79 Å². The lowest BCUT2D eigenvalue weighted by Gasteiger charge is -2.09. The van der Waals surface area contributed by atoms with E-state index in [1.807, 2.05) is 0 Å². The Labute approximate surface area is 87.3 Å². The molecule has 1 heterocycles. The van der Waals surface area contributed by atoms with E-state index in [2.05, 4.69) is 21.2 Å². The fraction of sp³-hybridized carbons (Fsp3) is 0.889. The van der Waals surface area contributed by atoms with Crippen molar-refractivity contribution in [1.82, 2.24) is 5.32 Å². The largest absolute Gasteiger partial charge is 0.379 e. The van der Waals surface area contributed by atoms with E-state index in [0.29, 0.717) is 13.0 Å². The zero-order chi connectivity index (χ0) is 9.52. The lowest BCUT2D eigenvalue weighted by atomic mass is 10.2. The molecule has 0 aromatic heterocycles. The van der Waals surface area contributed by atoms with Crippen molar-refractivity contribution in [3.05, 3.63) is 0 Å². The summed E-state index contributed by atoms with van der Waals surface area (Å²) in [7, 11) is 0. The molecule has 1 atom stereocenters. The van der Waals surface area contributed by atoms with Gasteiger partial charge in [0.1, 0.15) is 0 Å². The Balaban J connectivity index is 2.02. The number of halogens is 1. The molecule has 4 heteroatoms. The van der Waals surface area contributed by atoms with Crippen LogP contribution in [0.2, 0.25) is 0 Å². The fourth-order valence-electron chi connectivity index (χ4n) is 1.33. The first-order valence-electron chi connectivity index (χ1n) is 4.76. The zero-order valence-electron chi connectivity index (χ0n) is 7.72. The Hall–Kier alpha value is -0.0900. The minimum Gasteiger partial charge on any atom is -0.379 e. The molecule has 1 N–H and O–H groups in total. The highest BCUT2D eigenvalue weighted by molar-refractivity contribution is 9.09. The first-order valence-corrected chi connectivity index (χ1v) is 5.88. The van der Waals surface area contributed by atoms with Gasteiger partial charge in [-0.05, 0) is 19.3 Å². The van der Waals surface area contributed by atoms with Crippen molar-refractivity contribution in [2.45, 2.75) is 31.7 Å². The predicted octanol–water partition coefficient (Wildman–Crippen LogP) is 1.46. The van der Waals surface area contributed by atoms with Crippen LogP contribution < -0.4 is 5.32 Å². The number of rotatable bonds is 5. The van der Waals surface area contributed by atoms with Crippen molar-refractivity contribution in [2.24, 2.45) is 0 Å². The lowest BCUT2D eigenvalue weighted by molar-refractivity contribution is -0.121. The third-order valence-electron chi connectivity index (χ3n) is 2.08. The molecule has 76 valence electrons. The maximum absolute atomic E-state index is 11.3. The molecule has 1 unspecified atom stereocenters. The Morgan fingerprint density at radius 2 is 2.38 bits per heavy atom. The van der Waals surface area contributed by atoms with Crippen LogP contribution in [-0.2, 0) is 9.53 Å². The number of carbonyl (C=O) groups excluding carboxylic acids is 1. The van der Waals surface area contributed by atoms with E-state index >= 15 is 0 Å². The van der Waals surface area contributed by atoms with E-state index in [1.54, 1.807) is 0 Å². The third kappa shape index (κ3) is 4.62. The summed E-state index contributed by atoms with van der Waals surface area (Å²) in [5.41, 5.74) is 0. The number of unbranched alkanes of at least 4 members (excludes halogenated alkanes) is 1. The molecule has 0 aliphatic carbocycles. The summed E-state index contributed by atoms with van der Waals surface area (Å²) < 4.78 is 5.16. The number of ether oxygens (including phenoxy) is 1. The Kier molecular flexibility index (Phi) is 5.39. The highest BCUT2D eigenvalue weighted by Crippen LogP contribution is 2.04. The molecule has 3 nitrogen and oxygen atoms in total. The van der Waals surface area contributed by atoms with E-state index in [4.69, 9.17) is 4.74 Å². The molecule has 0 aromatic carbocycles. The molecular weight excluding hydrogens is 234 g/mol. The topological polar surface area (TPSA) is 38.3 Å². The van der Waals surface area contributed by atoms with Crippen molar-refractivity contribution < 1.29 is 9.53 Å². The van der Waals surface area contributed by atoms with Gasteiger partial charge < -0.3 is 10.1 Å². The quantitative estimate of drug-likeness (QED) is 0.592. The van der Waals surface area contributed by atoms with E-state index in [9.17, 15) is 4.79 Å². The van der Waals surface area contributed by atoms with Crippen LogP contribution in [0.25, 0.3) is 0 Å².